The lowest BCUT2D eigenvalue weighted by Gasteiger charge is -2.38. The first-order chi connectivity index (χ1) is 9.57. The lowest BCUT2D eigenvalue weighted by Crippen LogP contribution is -2.52. The van der Waals surface area contributed by atoms with Crippen molar-refractivity contribution in [2.45, 2.75) is 19.4 Å². The Labute approximate surface area is 118 Å². The molecule has 0 unspecified atom stereocenters. The molecule has 1 N–H and O–H groups in total. The molecule has 0 aromatic carbocycles. The van der Waals surface area contributed by atoms with Crippen LogP contribution in [0.2, 0.25) is 0 Å². The van der Waals surface area contributed by atoms with Gasteiger partial charge in [0.2, 0.25) is 0 Å². The first kappa shape index (κ1) is 13.3. The molecule has 108 valence electrons. The van der Waals surface area contributed by atoms with Crippen LogP contribution in [0.1, 0.15) is 19.7 Å². The van der Waals surface area contributed by atoms with Gasteiger partial charge in [-0.05, 0) is 19.9 Å². The fourth-order valence-electron chi connectivity index (χ4n) is 2.47. The number of aryl methyl sites for hydroxylation is 1. The molecule has 0 amide bonds. The van der Waals surface area contributed by atoms with Crippen LogP contribution in [0, 0.1) is 0 Å². The molecule has 3 rings (SSSR count). The van der Waals surface area contributed by atoms with Crippen LogP contribution in [0.4, 0.5) is 0 Å². The molecule has 2 aromatic heterocycles. The van der Waals surface area contributed by atoms with E-state index in [0.29, 0.717) is 17.4 Å². The Balaban J connectivity index is 1.85. The van der Waals surface area contributed by atoms with Gasteiger partial charge in [-0.3, -0.25) is 9.58 Å². The average Bonchev–Trinajstić information content (AvgIpc) is 3.08. The molecule has 1 saturated heterocycles. The van der Waals surface area contributed by atoms with Gasteiger partial charge in [0.1, 0.15) is 0 Å². The quantitative estimate of drug-likeness (QED) is 0.885. The fraction of sp³-hybridized carbons (Fsp3) is 0.615. The van der Waals surface area contributed by atoms with Crippen LogP contribution in [0.25, 0.3) is 11.6 Å². The second-order valence-corrected chi connectivity index (χ2v) is 5.59. The SMILES string of the molecule is Cn1ccc(-c2nc(C(C)(C)N3CCNCC3)no2)n1. The summed E-state index contributed by atoms with van der Waals surface area (Å²) in [6.45, 7) is 8.22. The lowest BCUT2D eigenvalue weighted by molar-refractivity contribution is 0.0925. The van der Waals surface area contributed by atoms with Gasteiger partial charge >= 0.3 is 0 Å². The van der Waals surface area contributed by atoms with Crippen molar-refractivity contribution in [3.05, 3.63) is 18.1 Å². The van der Waals surface area contributed by atoms with E-state index in [-0.39, 0.29) is 5.54 Å². The van der Waals surface area contributed by atoms with E-state index in [2.05, 4.69) is 39.3 Å². The van der Waals surface area contributed by atoms with E-state index < -0.39 is 0 Å². The van der Waals surface area contributed by atoms with Crippen molar-refractivity contribution in [1.82, 2.24) is 30.1 Å². The van der Waals surface area contributed by atoms with Crippen LogP contribution in [-0.4, -0.2) is 51.0 Å². The molecule has 0 radical (unpaired) electrons. The highest BCUT2D eigenvalue weighted by Crippen LogP contribution is 2.27. The standard InChI is InChI=1S/C13H20N6O/c1-13(2,19-8-5-14-6-9-19)12-15-11(20-17-12)10-4-7-18(3)16-10/h4,7,14H,5-6,8-9H2,1-3H3. The van der Waals surface area contributed by atoms with Gasteiger partial charge < -0.3 is 9.84 Å². The molecule has 20 heavy (non-hydrogen) atoms. The van der Waals surface area contributed by atoms with Crippen molar-refractivity contribution in [2.24, 2.45) is 7.05 Å². The monoisotopic (exact) mass is 276 g/mol. The molecular weight excluding hydrogens is 256 g/mol. The average molecular weight is 276 g/mol. The number of nitrogens with one attached hydrogen (secondary N) is 1. The van der Waals surface area contributed by atoms with Gasteiger partial charge in [0.05, 0.1) is 5.54 Å². The second-order valence-electron chi connectivity index (χ2n) is 5.59. The van der Waals surface area contributed by atoms with Crippen LogP contribution in [-0.2, 0) is 12.6 Å². The Hall–Kier alpha value is -1.73. The predicted molar refractivity (Wildman–Crippen MR) is 74.0 cm³/mol. The van der Waals surface area contributed by atoms with Crippen molar-refractivity contribution in [3.8, 4) is 11.6 Å². The van der Waals surface area contributed by atoms with E-state index in [1.165, 1.54) is 0 Å². The molecule has 7 nitrogen and oxygen atoms in total. The maximum Gasteiger partial charge on any atom is 0.278 e. The molecule has 1 aliphatic rings. The summed E-state index contributed by atoms with van der Waals surface area (Å²) in [5, 5.41) is 11.8. The van der Waals surface area contributed by atoms with Crippen molar-refractivity contribution in [2.75, 3.05) is 26.2 Å². The maximum atomic E-state index is 5.36. The summed E-state index contributed by atoms with van der Waals surface area (Å²) < 4.78 is 7.08. The van der Waals surface area contributed by atoms with Crippen LogP contribution < -0.4 is 5.32 Å². The van der Waals surface area contributed by atoms with Crippen molar-refractivity contribution in [3.63, 3.8) is 0 Å². The number of hydrogen-bond acceptors (Lipinski definition) is 6. The van der Waals surface area contributed by atoms with E-state index in [1.807, 2.05) is 19.3 Å². The highest BCUT2D eigenvalue weighted by Gasteiger charge is 2.34. The minimum atomic E-state index is -0.237. The van der Waals surface area contributed by atoms with E-state index in [0.717, 1.165) is 26.2 Å². The maximum absolute atomic E-state index is 5.36. The van der Waals surface area contributed by atoms with Crippen LogP contribution in [0.5, 0.6) is 0 Å². The minimum Gasteiger partial charge on any atom is -0.332 e. The summed E-state index contributed by atoms with van der Waals surface area (Å²) in [7, 11) is 1.87. The van der Waals surface area contributed by atoms with Crippen LogP contribution >= 0.6 is 0 Å². The summed E-state index contributed by atoms with van der Waals surface area (Å²) in [4.78, 5) is 6.90. The predicted octanol–water partition coefficient (Wildman–Crippen LogP) is 0.610. The third-order valence-corrected chi connectivity index (χ3v) is 3.81. The van der Waals surface area contributed by atoms with Crippen molar-refractivity contribution in [1.29, 1.82) is 0 Å². The smallest absolute Gasteiger partial charge is 0.278 e. The Bertz CT molecular complexity index is 581. The van der Waals surface area contributed by atoms with Gasteiger partial charge in [-0.1, -0.05) is 5.16 Å². The molecule has 0 atom stereocenters. The molecule has 1 fully saturated rings. The van der Waals surface area contributed by atoms with Gasteiger partial charge in [-0.15, -0.1) is 0 Å². The minimum absolute atomic E-state index is 0.237. The van der Waals surface area contributed by atoms with Gasteiger partial charge in [0, 0.05) is 39.4 Å². The summed E-state index contributed by atoms with van der Waals surface area (Å²) >= 11 is 0. The molecule has 3 heterocycles. The number of rotatable bonds is 3. The molecule has 0 bridgehead atoms. The summed E-state index contributed by atoms with van der Waals surface area (Å²) in [5.41, 5.74) is 0.473. The largest absolute Gasteiger partial charge is 0.332 e. The third kappa shape index (κ3) is 2.34. The Morgan fingerprint density at radius 2 is 2.05 bits per heavy atom. The number of piperazine rings is 1. The Morgan fingerprint density at radius 3 is 2.70 bits per heavy atom. The fourth-order valence-corrected chi connectivity index (χ4v) is 2.47. The zero-order valence-corrected chi connectivity index (χ0v) is 12.1. The molecule has 0 aliphatic carbocycles. The van der Waals surface area contributed by atoms with Gasteiger partial charge in [-0.2, -0.15) is 10.1 Å². The highest BCUT2D eigenvalue weighted by atomic mass is 16.5. The van der Waals surface area contributed by atoms with E-state index >= 15 is 0 Å². The first-order valence-corrected chi connectivity index (χ1v) is 6.87. The van der Waals surface area contributed by atoms with Gasteiger partial charge in [-0.25, -0.2) is 0 Å². The van der Waals surface area contributed by atoms with Crippen LogP contribution in [0.15, 0.2) is 16.8 Å². The van der Waals surface area contributed by atoms with Crippen molar-refractivity contribution < 1.29 is 4.52 Å². The van der Waals surface area contributed by atoms with Crippen molar-refractivity contribution >= 4 is 0 Å². The topological polar surface area (TPSA) is 72.0 Å². The first-order valence-electron chi connectivity index (χ1n) is 6.87. The summed E-state index contributed by atoms with van der Waals surface area (Å²) in [5.74, 6) is 1.18. The summed E-state index contributed by atoms with van der Waals surface area (Å²) in [6.07, 6.45) is 1.86. The number of aromatic nitrogens is 4. The van der Waals surface area contributed by atoms with Gasteiger partial charge in [0.15, 0.2) is 11.5 Å². The molecule has 0 spiro atoms. The Kier molecular flexibility index (Phi) is 3.31. The van der Waals surface area contributed by atoms with Crippen LogP contribution in [0.3, 0.4) is 0 Å². The highest BCUT2D eigenvalue weighted by molar-refractivity contribution is 5.45. The van der Waals surface area contributed by atoms with E-state index in [1.54, 1.807) is 4.68 Å². The molecular formula is C13H20N6O. The molecule has 0 saturated carbocycles. The lowest BCUT2D eigenvalue weighted by atomic mass is 10.0. The Morgan fingerprint density at radius 1 is 1.30 bits per heavy atom. The number of hydrogen-bond donors (Lipinski definition) is 1. The van der Waals surface area contributed by atoms with E-state index in [9.17, 15) is 0 Å². The zero-order chi connectivity index (χ0) is 14.2. The summed E-state index contributed by atoms with van der Waals surface area (Å²) in [6, 6.07) is 1.87. The number of nitrogens with zero attached hydrogens (tertiary/aromatic N) is 5. The molecule has 2 aromatic rings. The molecule has 1 aliphatic heterocycles. The van der Waals surface area contributed by atoms with E-state index in [4.69, 9.17) is 4.52 Å². The third-order valence-electron chi connectivity index (χ3n) is 3.81. The normalized spacial score (nSPS) is 17.6. The second kappa shape index (κ2) is 4.99. The molecule has 7 heteroatoms. The zero-order valence-electron chi connectivity index (χ0n) is 12.1. The van der Waals surface area contributed by atoms with Gasteiger partial charge in [0.25, 0.3) is 5.89 Å².